The number of aromatic amines is 1. The molecule has 2 bridgehead atoms. The second-order valence-corrected chi connectivity index (χ2v) is 12.0. The van der Waals surface area contributed by atoms with Gasteiger partial charge in [0.25, 0.3) is 0 Å². The summed E-state index contributed by atoms with van der Waals surface area (Å²) in [7, 11) is 0. The predicted molar refractivity (Wildman–Crippen MR) is 145 cm³/mol. The number of ether oxygens (including phenoxy) is 1. The number of imidazole rings is 1. The van der Waals surface area contributed by atoms with E-state index in [1.54, 1.807) is 12.3 Å². The second kappa shape index (κ2) is 8.65. The Labute approximate surface area is 221 Å². The number of carboxylic acids is 1. The molecule has 2 aromatic heterocycles. The summed E-state index contributed by atoms with van der Waals surface area (Å²) in [6.45, 7) is 6.47. The van der Waals surface area contributed by atoms with Crippen LogP contribution in [0.5, 0.6) is 5.88 Å². The predicted octanol–water partition coefficient (Wildman–Crippen LogP) is 7.28. The van der Waals surface area contributed by atoms with E-state index in [0.29, 0.717) is 36.5 Å². The average molecular weight is 514 g/mol. The van der Waals surface area contributed by atoms with Crippen LogP contribution in [-0.4, -0.2) is 31.6 Å². The number of hydrogen-bond acceptors (Lipinski definition) is 4. The molecule has 2 N–H and O–H groups in total. The van der Waals surface area contributed by atoms with Crippen LogP contribution in [0.2, 0.25) is 0 Å². The number of aliphatic carboxylic acids is 1. The Kier molecular flexibility index (Phi) is 5.60. The quantitative estimate of drug-likeness (QED) is 0.293. The van der Waals surface area contributed by atoms with Crippen LogP contribution in [0.4, 0.5) is 4.39 Å². The van der Waals surface area contributed by atoms with Crippen molar-refractivity contribution in [2.45, 2.75) is 70.3 Å². The Balaban J connectivity index is 1.19. The number of pyridine rings is 1. The number of hydrogen-bond donors (Lipinski definition) is 2. The van der Waals surface area contributed by atoms with Gasteiger partial charge in [0, 0.05) is 17.8 Å². The average Bonchev–Trinajstić information content (AvgIpc) is 3.32. The van der Waals surface area contributed by atoms with Crippen LogP contribution in [-0.2, 0) is 10.2 Å². The van der Waals surface area contributed by atoms with Gasteiger partial charge in [-0.3, -0.25) is 4.79 Å². The van der Waals surface area contributed by atoms with Crippen LogP contribution >= 0.6 is 0 Å². The number of nitrogens with zero attached hydrogens (tertiary/aromatic N) is 2. The third-order valence-electron chi connectivity index (χ3n) is 8.60. The normalized spacial score (nSPS) is 23.1. The molecule has 0 radical (unpaired) electrons. The van der Waals surface area contributed by atoms with E-state index in [4.69, 9.17) is 4.74 Å². The van der Waals surface area contributed by atoms with Crippen molar-refractivity contribution in [1.29, 1.82) is 0 Å². The van der Waals surface area contributed by atoms with E-state index in [1.807, 2.05) is 24.3 Å². The lowest BCUT2D eigenvalue weighted by Crippen LogP contribution is -2.52. The number of halogens is 1. The van der Waals surface area contributed by atoms with E-state index in [9.17, 15) is 9.90 Å². The van der Waals surface area contributed by atoms with Gasteiger partial charge in [0.1, 0.15) is 17.2 Å². The lowest BCUT2D eigenvalue weighted by Gasteiger charge is -2.50. The Morgan fingerprint density at radius 2 is 1.68 bits per heavy atom. The minimum Gasteiger partial charge on any atom is -0.481 e. The molecule has 196 valence electrons. The number of benzene rings is 2. The molecular formula is C31H32FN3O3. The standard InChI is InChI=1S/C31H32FN3O3/c1-29(2,3)21-6-8-24-25(17-21)35-27(34-24)22-7-4-19(16-23(22)32)20-5-9-26(33-18-20)38-31-13-10-30(11-14-31,12-15-31)28(36)37/h4-9,16-18H,10-15H2,1-3H3,(H,34,35)(H,36,37). The summed E-state index contributed by atoms with van der Waals surface area (Å²) in [6, 6.07) is 15.0. The lowest BCUT2D eigenvalue weighted by atomic mass is 9.58. The molecule has 3 aliphatic rings. The number of fused-ring (bicyclic) bond motifs is 4. The fourth-order valence-corrected chi connectivity index (χ4v) is 5.94. The van der Waals surface area contributed by atoms with Gasteiger partial charge in [-0.05, 0) is 85.4 Å². The van der Waals surface area contributed by atoms with Crippen molar-refractivity contribution in [3.63, 3.8) is 0 Å². The fourth-order valence-electron chi connectivity index (χ4n) is 5.94. The Morgan fingerprint density at radius 3 is 2.29 bits per heavy atom. The topological polar surface area (TPSA) is 88.1 Å². The van der Waals surface area contributed by atoms with Crippen molar-refractivity contribution in [2.75, 3.05) is 0 Å². The molecule has 0 amide bonds. The van der Waals surface area contributed by atoms with Crippen LogP contribution in [0, 0.1) is 11.2 Å². The second-order valence-electron chi connectivity index (χ2n) is 12.0. The number of nitrogens with one attached hydrogen (secondary N) is 1. The van der Waals surface area contributed by atoms with Crippen molar-refractivity contribution in [3.8, 4) is 28.4 Å². The third-order valence-corrected chi connectivity index (χ3v) is 8.60. The Bertz CT molecular complexity index is 1510. The van der Waals surface area contributed by atoms with E-state index in [-0.39, 0.29) is 16.8 Å². The number of carboxylic acid groups (broad SMARTS) is 1. The van der Waals surface area contributed by atoms with Crippen LogP contribution < -0.4 is 4.74 Å². The highest BCUT2D eigenvalue weighted by Crippen LogP contribution is 2.53. The maximum Gasteiger partial charge on any atom is 0.309 e. The van der Waals surface area contributed by atoms with Crippen molar-refractivity contribution in [3.05, 3.63) is 66.1 Å². The van der Waals surface area contributed by atoms with Gasteiger partial charge in [-0.1, -0.05) is 32.9 Å². The zero-order valence-electron chi connectivity index (χ0n) is 22.0. The molecule has 6 nitrogen and oxygen atoms in total. The van der Waals surface area contributed by atoms with Gasteiger partial charge in [0.05, 0.1) is 22.0 Å². The summed E-state index contributed by atoms with van der Waals surface area (Å²) in [5.41, 5.74) is 3.90. The largest absolute Gasteiger partial charge is 0.481 e. The molecule has 3 saturated carbocycles. The summed E-state index contributed by atoms with van der Waals surface area (Å²) < 4.78 is 21.6. The van der Waals surface area contributed by atoms with Gasteiger partial charge < -0.3 is 14.8 Å². The Morgan fingerprint density at radius 1 is 0.974 bits per heavy atom. The first-order valence-electron chi connectivity index (χ1n) is 13.3. The molecule has 2 aromatic carbocycles. The maximum atomic E-state index is 15.2. The molecular weight excluding hydrogens is 481 g/mol. The van der Waals surface area contributed by atoms with Crippen LogP contribution in [0.3, 0.4) is 0 Å². The summed E-state index contributed by atoms with van der Waals surface area (Å²) in [5, 5.41) is 9.61. The highest BCUT2D eigenvalue weighted by Gasteiger charge is 2.54. The highest BCUT2D eigenvalue weighted by atomic mass is 19.1. The van der Waals surface area contributed by atoms with E-state index >= 15 is 4.39 Å². The monoisotopic (exact) mass is 513 g/mol. The van der Waals surface area contributed by atoms with Gasteiger partial charge in [-0.25, -0.2) is 14.4 Å². The zero-order chi connectivity index (χ0) is 26.7. The lowest BCUT2D eigenvalue weighted by molar-refractivity contribution is -0.162. The molecule has 38 heavy (non-hydrogen) atoms. The van der Waals surface area contributed by atoms with Crippen molar-refractivity contribution < 1.29 is 19.0 Å². The molecule has 0 spiro atoms. The first-order valence-corrected chi connectivity index (χ1v) is 13.3. The zero-order valence-corrected chi connectivity index (χ0v) is 22.0. The number of aromatic nitrogens is 3. The van der Waals surface area contributed by atoms with Crippen molar-refractivity contribution in [1.82, 2.24) is 15.0 Å². The minimum absolute atomic E-state index is 0.00750. The molecule has 7 rings (SSSR count). The highest BCUT2D eigenvalue weighted by molar-refractivity contribution is 5.81. The van der Waals surface area contributed by atoms with Gasteiger partial charge >= 0.3 is 5.97 Å². The van der Waals surface area contributed by atoms with E-state index in [0.717, 1.165) is 41.4 Å². The number of H-pyrrole nitrogens is 1. The molecule has 7 heteroatoms. The van der Waals surface area contributed by atoms with E-state index in [1.165, 1.54) is 11.6 Å². The van der Waals surface area contributed by atoms with E-state index < -0.39 is 11.4 Å². The first-order chi connectivity index (χ1) is 18.1. The summed E-state index contributed by atoms with van der Waals surface area (Å²) in [4.78, 5) is 24.1. The molecule has 3 fully saturated rings. The molecule has 0 atom stereocenters. The van der Waals surface area contributed by atoms with Crippen LogP contribution in [0.25, 0.3) is 33.5 Å². The molecule has 2 heterocycles. The Hall–Kier alpha value is -3.74. The van der Waals surface area contributed by atoms with Crippen LogP contribution in [0.1, 0.15) is 64.9 Å². The summed E-state index contributed by atoms with van der Waals surface area (Å²) in [5.74, 6) is -0.0137. The molecule has 0 aliphatic heterocycles. The van der Waals surface area contributed by atoms with Gasteiger partial charge in [-0.2, -0.15) is 0 Å². The van der Waals surface area contributed by atoms with Crippen molar-refractivity contribution in [2.24, 2.45) is 5.41 Å². The first kappa shape index (κ1) is 24.6. The third kappa shape index (κ3) is 4.24. The van der Waals surface area contributed by atoms with Gasteiger partial charge in [-0.15, -0.1) is 0 Å². The summed E-state index contributed by atoms with van der Waals surface area (Å²) >= 11 is 0. The number of carbonyl (C=O) groups is 1. The molecule has 3 aliphatic carbocycles. The van der Waals surface area contributed by atoms with E-state index in [2.05, 4.69) is 47.9 Å². The van der Waals surface area contributed by atoms with Gasteiger partial charge in [0.2, 0.25) is 5.88 Å². The summed E-state index contributed by atoms with van der Waals surface area (Å²) in [6.07, 6.45) is 5.83. The van der Waals surface area contributed by atoms with Gasteiger partial charge in [0.15, 0.2) is 0 Å². The smallest absolute Gasteiger partial charge is 0.309 e. The maximum absolute atomic E-state index is 15.2. The fraction of sp³-hybridized carbons (Fsp3) is 0.387. The molecule has 0 unspecified atom stereocenters. The SMILES string of the molecule is CC(C)(C)c1ccc2[nH]c(-c3ccc(-c4ccc(OC56CCC(C(=O)O)(CC5)CC6)nc4)cc3F)nc2c1. The minimum atomic E-state index is -0.679. The molecule has 0 saturated heterocycles. The van der Waals surface area contributed by atoms with Crippen molar-refractivity contribution >= 4 is 17.0 Å². The molecule has 4 aromatic rings. The van der Waals surface area contributed by atoms with Crippen LogP contribution in [0.15, 0.2) is 54.7 Å². The number of rotatable bonds is 5.